The average molecular weight is 315 g/mol. The molecule has 7 heteroatoms. The second kappa shape index (κ2) is 6.78. The van der Waals surface area contributed by atoms with Gasteiger partial charge in [-0.15, -0.1) is 0 Å². The Kier molecular flexibility index (Phi) is 5.57. The highest BCUT2D eigenvalue weighted by Gasteiger charge is 2.23. The first kappa shape index (κ1) is 17.3. The first-order chi connectivity index (χ1) is 9.65. The van der Waals surface area contributed by atoms with Crippen LogP contribution in [0.2, 0.25) is 5.02 Å². The number of urea groups is 1. The van der Waals surface area contributed by atoms with Crippen molar-refractivity contribution < 1.29 is 19.8 Å². The van der Waals surface area contributed by atoms with Gasteiger partial charge in [0.25, 0.3) is 0 Å². The summed E-state index contributed by atoms with van der Waals surface area (Å²) in [6.07, 6.45) is 0. The third kappa shape index (κ3) is 4.91. The van der Waals surface area contributed by atoms with Crippen molar-refractivity contribution in [3.8, 4) is 0 Å². The molecule has 1 aromatic carbocycles. The number of carbonyl (C=O) groups excluding carboxylic acids is 1. The first-order valence-electron chi connectivity index (χ1n) is 6.46. The van der Waals surface area contributed by atoms with E-state index in [4.69, 9.17) is 16.7 Å². The van der Waals surface area contributed by atoms with Crippen molar-refractivity contribution in [2.75, 3.05) is 18.4 Å². The van der Waals surface area contributed by atoms with Gasteiger partial charge in [0.15, 0.2) is 0 Å². The van der Waals surface area contributed by atoms with Gasteiger partial charge in [0, 0.05) is 6.54 Å². The maximum absolute atomic E-state index is 12.2. The van der Waals surface area contributed by atoms with Gasteiger partial charge >= 0.3 is 12.0 Å². The molecule has 3 N–H and O–H groups in total. The summed E-state index contributed by atoms with van der Waals surface area (Å²) in [5.74, 6) is -1.22. The van der Waals surface area contributed by atoms with Crippen molar-refractivity contribution >= 4 is 29.3 Å². The highest BCUT2D eigenvalue weighted by Crippen LogP contribution is 2.24. The van der Waals surface area contributed by atoms with E-state index in [1.165, 1.54) is 17.0 Å². The molecule has 21 heavy (non-hydrogen) atoms. The fourth-order valence-corrected chi connectivity index (χ4v) is 2.09. The van der Waals surface area contributed by atoms with Crippen LogP contribution >= 0.6 is 11.6 Å². The highest BCUT2D eigenvalue weighted by molar-refractivity contribution is 6.34. The van der Waals surface area contributed by atoms with E-state index in [-0.39, 0.29) is 22.8 Å². The molecule has 0 saturated heterocycles. The monoisotopic (exact) mass is 314 g/mol. The minimum Gasteiger partial charge on any atom is -0.478 e. The van der Waals surface area contributed by atoms with E-state index in [2.05, 4.69) is 5.32 Å². The third-order valence-corrected chi connectivity index (χ3v) is 3.03. The molecule has 2 amide bonds. The lowest BCUT2D eigenvalue weighted by Gasteiger charge is -2.28. The zero-order chi connectivity index (χ0) is 16.2. The molecule has 0 aliphatic rings. The van der Waals surface area contributed by atoms with Crippen LogP contribution in [0.5, 0.6) is 0 Å². The van der Waals surface area contributed by atoms with Crippen LogP contribution in [-0.4, -0.2) is 45.8 Å². The molecule has 0 fully saturated rings. The molecule has 0 spiro atoms. The lowest BCUT2D eigenvalue weighted by Crippen LogP contribution is -2.44. The number of nitrogens with one attached hydrogen (secondary N) is 1. The number of aliphatic hydroxyl groups is 1. The summed E-state index contributed by atoms with van der Waals surface area (Å²) in [5.41, 5.74) is -1.09. The van der Waals surface area contributed by atoms with Crippen molar-refractivity contribution in [2.24, 2.45) is 0 Å². The van der Waals surface area contributed by atoms with Crippen molar-refractivity contribution in [1.29, 1.82) is 0 Å². The quantitative estimate of drug-likeness (QED) is 0.779. The van der Waals surface area contributed by atoms with Gasteiger partial charge in [-0.2, -0.15) is 0 Å². The topological polar surface area (TPSA) is 89.9 Å². The fraction of sp³-hybridized carbons (Fsp3) is 0.429. The number of amides is 2. The molecule has 116 valence electrons. The van der Waals surface area contributed by atoms with Crippen LogP contribution < -0.4 is 5.32 Å². The number of carboxylic acids is 1. The summed E-state index contributed by atoms with van der Waals surface area (Å²) < 4.78 is 0. The Hall–Kier alpha value is -1.79. The molecule has 0 saturated carbocycles. The van der Waals surface area contributed by atoms with Crippen molar-refractivity contribution in [3.05, 3.63) is 28.8 Å². The van der Waals surface area contributed by atoms with E-state index in [1.807, 2.05) is 0 Å². The minimum absolute atomic E-state index is 0.0471. The highest BCUT2D eigenvalue weighted by atomic mass is 35.5. The van der Waals surface area contributed by atoms with Gasteiger partial charge in [-0.25, -0.2) is 9.59 Å². The maximum Gasteiger partial charge on any atom is 0.339 e. The summed E-state index contributed by atoms with van der Waals surface area (Å²) in [5, 5.41) is 21.5. The SMILES string of the molecule is CCN(CC(C)(C)O)C(=O)Nc1cccc(Cl)c1C(=O)O. The zero-order valence-corrected chi connectivity index (χ0v) is 12.9. The lowest BCUT2D eigenvalue weighted by molar-refractivity contribution is 0.0500. The Labute approximate surface area is 128 Å². The Morgan fingerprint density at radius 3 is 2.48 bits per heavy atom. The second-order valence-electron chi connectivity index (χ2n) is 5.22. The average Bonchev–Trinajstić information content (AvgIpc) is 2.34. The van der Waals surface area contributed by atoms with Crippen molar-refractivity contribution in [3.63, 3.8) is 0 Å². The van der Waals surface area contributed by atoms with Gasteiger partial charge in [0.05, 0.1) is 22.9 Å². The number of rotatable bonds is 5. The summed E-state index contributed by atoms with van der Waals surface area (Å²) in [6, 6.07) is 3.96. The van der Waals surface area contributed by atoms with Crippen LogP contribution in [0.15, 0.2) is 18.2 Å². The molecule has 0 aliphatic heterocycles. The van der Waals surface area contributed by atoms with Crippen LogP contribution in [0.4, 0.5) is 10.5 Å². The molecule has 0 heterocycles. The number of halogens is 1. The van der Waals surface area contributed by atoms with Crippen molar-refractivity contribution in [2.45, 2.75) is 26.4 Å². The number of nitrogens with zero attached hydrogens (tertiary/aromatic N) is 1. The van der Waals surface area contributed by atoms with Crippen LogP contribution in [0.1, 0.15) is 31.1 Å². The van der Waals surface area contributed by atoms with E-state index in [1.54, 1.807) is 26.8 Å². The Bertz CT molecular complexity index is 540. The smallest absolute Gasteiger partial charge is 0.339 e. The number of hydrogen-bond acceptors (Lipinski definition) is 3. The number of likely N-dealkylation sites (N-methyl/N-ethyl adjacent to an activating group) is 1. The van der Waals surface area contributed by atoms with Crippen LogP contribution in [0.3, 0.4) is 0 Å². The van der Waals surface area contributed by atoms with E-state index >= 15 is 0 Å². The predicted octanol–water partition coefficient (Wildman–Crippen LogP) is 2.66. The van der Waals surface area contributed by atoms with E-state index in [9.17, 15) is 14.7 Å². The molecule has 0 radical (unpaired) electrons. The molecule has 6 nitrogen and oxygen atoms in total. The molecule has 0 unspecified atom stereocenters. The molecule has 0 aliphatic carbocycles. The Morgan fingerprint density at radius 1 is 1.38 bits per heavy atom. The number of carboxylic acid groups (broad SMARTS) is 1. The number of hydrogen-bond donors (Lipinski definition) is 3. The first-order valence-corrected chi connectivity index (χ1v) is 6.83. The Morgan fingerprint density at radius 2 is 2.00 bits per heavy atom. The zero-order valence-electron chi connectivity index (χ0n) is 12.2. The fourth-order valence-electron chi connectivity index (χ4n) is 1.83. The van der Waals surface area contributed by atoms with Crippen molar-refractivity contribution in [1.82, 2.24) is 4.90 Å². The van der Waals surface area contributed by atoms with Gasteiger partial charge in [-0.3, -0.25) is 0 Å². The molecular weight excluding hydrogens is 296 g/mol. The normalized spacial score (nSPS) is 11.1. The predicted molar refractivity (Wildman–Crippen MR) is 81.0 cm³/mol. The molecule has 1 rings (SSSR count). The number of aromatic carboxylic acids is 1. The number of benzene rings is 1. The Balaban J connectivity index is 2.97. The largest absolute Gasteiger partial charge is 0.478 e. The summed E-state index contributed by atoms with van der Waals surface area (Å²) in [4.78, 5) is 24.8. The van der Waals surface area contributed by atoms with E-state index < -0.39 is 17.6 Å². The summed E-state index contributed by atoms with van der Waals surface area (Å²) in [7, 11) is 0. The maximum atomic E-state index is 12.2. The van der Waals surface area contributed by atoms with Gasteiger partial charge in [0.1, 0.15) is 5.56 Å². The number of anilines is 1. The summed E-state index contributed by atoms with van der Waals surface area (Å²) in [6.45, 7) is 5.44. The minimum atomic E-state index is -1.22. The van der Waals surface area contributed by atoms with Gasteiger partial charge in [-0.1, -0.05) is 17.7 Å². The molecular formula is C14H19ClN2O4. The molecule has 0 aromatic heterocycles. The second-order valence-corrected chi connectivity index (χ2v) is 5.63. The van der Waals surface area contributed by atoms with E-state index in [0.717, 1.165) is 0 Å². The number of carbonyl (C=O) groups is 2. The van der Waals surface area contributed by atoms with Crippen LogP contribution in [-0.2, 0) is 0 Å². The molecule has 0 atom stereocenters. The lowest BCUT2D eigenvalue weighted by atomic mass is 10.1. The molecule has 0 bridgehead atoms. The summed E-state index contributed by atoms with van der Waals surface area (Å²) >= 11 is 5.84. The van der Waals surface area contributed by atoms with Crippen LogP contribution in [0, 0.1) is 0 Å². The van der Waals surface area contributed by atoms with Gasteiger partial charge < -0.3 is 20.4 Å². The molecule has 1 aromatic rings. The van der Waals surface area contributed by atoms with Gasteiger partial charge in [0.2, 0.25) is 0 Å². The van der Waals surface area contributed by atoms with Gasteiger partial charge in [-0.05, 0) is 32.9 Å². The third-order valence-electron chi connectivity index (χ3n) is 2.72. The van der Waals surface area contributed by atoms with E-state index in [0.29, 0.717) is 6.54 Å². The van der Waals surface area contributed by atoms with Crippen LogP contribution in [0.25, 0.3) is 0 Å². The standard InChI is InChI=1S/C14H19ClN2O4/c1-4-17(8-14(2,3)21)13(20)16-10-7-5-6-9(15)11(10)12(18)19/h5-7,21H,4,8H2,1-3H3,(H,16,20)(H,18,19).